The number of rotatable bonds is 5. The molecule has 1 aliphatic rings. The van der Waals surface area contributed by atoms with Crippen LogP contribution in [0.4, 0.5) is 0 Å². The molecular formula is C51H37N3. The number of nitrogens with zero attached hydrogens (tertiary/aromatic N) is 3. The zero-order valence-corrected chi connectivity index (χ0v) is 30.3. The second-order valence-electron chi connectivity index (χ2n) is 15.1. The van der Waals surface area contributed by atoms with Crippen molar-refractivity contribution in [1.82, 2.24) is 13.7 Å². The molecule has 0 amide bonds. The van der Waals surface area contributed by atoms with Gasteiger partial charge in [-0.05, 0) is 82.9 Å². The van der Waals surface area contributed by atoms with Crippen LogP contribution in [-0.2, 0) is 5.41 Å². The van der Waals surface area contributed by atoms with Gasteiger partial charge in [-0.3, -0.25) is 0 Å². The first kappa shape index (κ1) is 30.8. The van der Waals surface area contributed by atoms with Crippen LogP contribution in [0.5, 0.6) is 0 Å². The Kier molecular flexibility index (Phi) is 6.31. The molecule has 1 aliphatic carbocycles. The molecule has 0 atom stereocenters. The van der Waals surface area contributed by atoms with Crippen LogP contribution in [0.1, 0.15) is 25.0 Å². The Morgan fingerprint density at radius 2 is 0.759 bits per heavy atom. The molecule has 0 unspecified atom stereocenters. The molecule has 0 bridgehead atoms. The number of benzene rings is 7. The number of fused-ring (bicyclic) bond motifs is 10. The fourth-order valence-corrected chi connectivity index (χ4v) is 9.61. The molecule has 3 nitrogen and oxygen atoms in total. The predicted molar refractivity (Wildman–Crippen MR) is 230 cm³/mol. The molecule has 11 rings (SSSR count). The van der Waals surface area contributed by atoms with Crippen molar-refractivity contribution in [2.75, 3.05) is 0 Å². The van der Waals surface area contributed by atoms with Gasteiger partial charge in [0.1, 0.15) is 0 Å². The molecule has 7 aromatic carbocycles. The average Bonchev–Trinajstić information content (AvgIpc) is 3.90. The first-order chi connectivity index (χ1) is 26.5. The van der Waals surface area contributed by atoms with Crippen molar-refractivity contribution in [2.45, 2.75) is 19.3 Å². The molecule has 0 radical (unpaired) electrons. The second-order valence-corrected chi connectivity index (χ2v) is 15.1. The van der Waals surface area contributed by atoms with Crippen molar-refractivity contribution in [1.29, 1.82) is 0 Å². The third kappa shape index (κ3) is 4.01. The lowest BCUT2D eigenvalue weighted by Crippen LogP contribution is -2.16. The third-order valence-electron chi connectivity index (χ3n) is 12.0. The molecule has 3 heterocycles. The highest BCUT2D eigenvalue weighted by molar-refractivity contribution is 6.13. The highest BCUT2D eigenvalue weighted by Gasteiger charge is 2.36. The Hall–Kier alpha value is -6.84. The van der Waals surface area contributed by atoms with Crippen molar-refractivity contribution >= 4 is 71.0 Å². The fraction of sp³-hybridized carbons (Fsp3) is 0.0588. The summed E-state index contributed by atoms with van der Waals surface area (Å²) in [5.41, 5.74) is 15.1. The van der Waals surface area contributed by atoms with E-state index in [1.807, 2.05) is 12.2 Å². The van der Waals surface area contributed by atoms with E-state index in [-0.39, 0.29) is 5.41 Å². The van der Waals surface area contributed by atoms with Crippen LogP contribution in [0, 0.1) is 0 Å². The number of aromatic nitrogens is 3. The first-order valence-electron chi connectivity index (χ1n) is 18.7. The topological polar surface area (TPSA) is 14.8 Å². The van der Waals surface area contributed by atoms with Gasteiger partial charge in [0.15, 0.2) is 0 Å². The minimum absolute atomic E-state index is 0.213. The van der Waals surface area contributed by atoms with Crippen LogP contribution in [0.15, 0.2) is 183 Å². The maximum atomic E-state index is 4.24. The minimum atomic E-state index is -0.213. The monoisotopic (exact) mass is 691 g/mol. The Labute approximate surface area is 313 Å². The summed E-state index contributed by atoms with van der Waals surface area (Å²) in [6.45, 7) is 13.1. The third-order valence-corrected chi connectivity index (χ3v) is 12.0. The second kappa shape index (κ2) is 11.1. The van der Waals surface area contributed by atoms with Gasteiger partial charge < -0.3 is 13.7 Å². The van der Waals surface area contributed by atoms with E-state index in [0.717, 1.165) is 17.1 Å². The van der Waals surface area contributed by atoms with Gasteiger partial charge in [-0.25, -0.2) is 0 Å². The van der Waals surface area contributed by atoms with Gasteiger partial charge in [0.25, 0.3) is 0 Å². The van der Waals surface area contributed by atoms with E-state index < -0.39 is 0 Å². The fourth-order valence-electron chi connectivity index (χ4n) is 9.61. The quantitative estimate of drug-likeness (QED) is 0.171. The van der Waals surface area contributed by atoms with Crippen molar-refractivity contribution in [3.05, 3.63) is 194 Å². The summed E-state index contributed by atoms with van der Waals surface area (Å²) in [7, 11) is 0. The minimum Gasteiger partial charge on any atom is -0.309 e. The van der Waals surface area contributed by atoms with Crippen molar-refractivity contribution in [3.8, 4) is 17.1 Å². The van der Waals surface area contributed by atoms with Crippen LogP contribution in [-0.4, -0.2) is 13.7 Å². The van der Waals surface area contributed by atoms with E-state index in [0.29, 0.717) is 0 Å². The van der Waals surface area contributed by atoms with Gasteiger partial charge in [0.05, 0.1) is 50.2 Å². The van der Waals surface area contributed by atoms with Crippen molar-refractivity contribution < 1.29 is 0 Å². The summed E-state index contributed by atoms with van der Waals surface area (Å²) >= 11 is 0. The van der Waals surface area contributed by atoms with E-state index in [9.17, 15) is 0 Å². The van der Waals surface area contributed by atoms with Gasteiger partial charge in [-0.2, -0.15) is 0 Å². The highest BCUT2D eigenvalue weighted by Crippen LogP contribution is 2.50. The molecule has 3 aromatic heterocycles. The average molecular weight is 692 g/mol. The summed E-state index contributed by atoms with van der Waals surface area (Å²) in [6.07, 6.45) is 4.02. The SMILES string of the molecule is C=CC1=C(C=C)C(C)(C)c2cc3c(cc21)c1ccccc1n3-c1cc(-n2c3ccccc3c3ccccc32)cc(-n2c3ccccc3c3ccccc32)c1. The van der Waals surface area contributed by atoms with Crippen LogP contribution in [0.3, 0.4) is 0 Å². The molecule has 0 fully saturated rings. The summed E-state index contributed by atoms with van der Waals surface area (Å²) in [5.74, 6) is 0. The molecule has 0 saturated heterocycles. The number of hydrogen-bond acceptors (Lipinski definition) is 0. The Balaban J connectivity index is 1.29. The Bertz CT molecular complexity index is 3040. The van der Waals surface area contributed by atoms with E-state index >= 15 is 0 Å². The highest BCUT2D eigenvalue weighted by atomic mass is 15.0. The molecule has 3 heteroatoms. The zero-order valence-electron chi connectivity index (χ0n) is 30.3. The Morgan fingerprint density at radius 1 is 0.407 bits per heavy atom. The molecule has 0 saturated carbocycles. The van der Waals surface area contributed by atoms with Crippen LogP contribution in [0.2, 0.25) is 0 Å². The summed E-state index contributed by atoms with van der Waals surface area (Å²) in [6, 6.07) is 55.9. The molecular weight excluding hydrogens is 655 g/mol. The van der Waals surface area contributed by atoms with Crippen LogP contribution in [0.25, 0.3) is 88.1 Å². The summed E-state index contributed by atoms with van der Waals surface area (Å²) < 4.78 is 7.36. The lowest BCUT2D eigenvalue weighted by molar-refractivity contribution is 0.655. The summed E-state index contributed by atoms with van der Waals surface area (Å²) in [4.78, 5) is 0. The molecule has 10 aromatic rings. The maximum absolute atomic E-state index is 4.24. The largest absolute Gasteiger partial charge is 0.309 e. The standard InChI is InChI=1S/C51H37N3/c1-5-35-41-30-42-40-21-11-16-26-49(40)54(50(42)31-44(41)51(3,4)43(35)6-2)34-28-32(52-45-22-12-7-17-36(45)37-18-8-13-23-46(37)52)27-33(29-34)53-47-24-14-9-19-38(47)39-20-10-15-25-48(39)53/h5-31H,1-2H2,3-4H3. The maximum Gasteiger partial charge on any atom is 0.0544 e. The molecule has 0 aliphatic heterocycles. The van der Waals surface area contributed by atoms with Gasteiger partial charge in [-0.15, -0.1) is 0 Å². The van der Waals surface area contributed by atoms with E-state index in [1.54, 1.807) is 0 Å². The first-order valence-corrected chi connectivity index (χ1v) is 18.7. The van der Waals surface area contributed by atoms with E-state index in [2.05, 4.69) is 192 Å². The van der Waals surface area contributed by atoms with Crippen LogP contribution < -0.4 is 0 Å². The van der Waals surface area contributed by atoms with E-state index in [1.165, 1.54) is 87.7 Å². The summed E-state index contributed by atoms with van der Waals surface area (Å²) in [5, 5.41) is 7.44. The molecule has 256 valence electrons. The number of hydrogen-bond donors (Lipinski definition) is 0. The number of allylic oxidation sites excluding steroid dienone is 4. The van der Waals surface area contributed by atoms with Gasteiger partial charge in [0.2, 0.25) is 0 Å². The van der Waals surface area contributed by atoms with Crippen molar-refractivity contribution in [3.63, 3.8) is 0 Å². The van der Waals surface area contributed by atoms with Gasteiger partial charge in [0, 0.05) is 37.7 Å². The zero-order chi connectivity index (χ0) is 36.3. The predicted octanol–water partition coefficient (Wildman–Crippen LogP) is 13.4. The molecule has 0 spiro atoms. The molecule has 0 N–H and O–H groups in total. The smallest absolute Gasteiger partial charge is 0.0544 e. The normalized spacial score (nSPS) is 14.0. The van der Waals surface area contributed by atoms with Crippen molar-refractivity contribution in [2.24, 2.45) is 0 Å². The van der Waals surface area contributed by atoms with Gasteiger partial charge >= 0.3 is 0 Å². The number of para-hydroxylation sites is 5. The van der Waals surface area contributed by atoms with Gasteiger partial charge in [-0.1, -0.05) is 130 Å². The Morgan fingerprint density at radius 3 is 1.13 bits per heavy atom. The van der Waals surface area contributed by atoms with Crippen LogP contribution >= 0.6 is 0 Å². The lowest BCUT2D eigenvalue weighted by atomic mass is 9.81. The molecule has 54 heavy (non-hydrogen) atoms. The van der Waals surface area contributed by atoms with E-state index in [4.69, 9.17) is 0 Å². The lowest BCUT2D eigenvalue weighted by Gasteiger charge is -2.23.